The average molecular weight is 436 g/mol. The first-order valence-electron chi connectivity index (χ1n) is 9.35. The number of Topliss-reactive ketones (excluding diaryl/α,β-unsaturated/α-hetero) is 1. The first-order chi connectivity index (χ1) is 14.5. The van der Waals surface area contributed by atoms with Crippen LogP contribution >= 0.6 is 9.12 Å². The lowest BCUT2D eigenvalue weighted by Crippen LogP contribution is -2.27. The molecule has 3 atom stereocenters. The molecule has 0 amide bonds. The maximum atomic E-state index is 13.5. The van der Waals surface area contributed by atoms with Crippen molar-refractivity contribution in [2.45, 2.75) is 32.3 Å². The highest BCUT2D eigenvalue weighted by molar-refractivity contribution is 7.00. The van der Waals surface area contributed by atoms with Gasteiger partial charge in [0.25, 0.3) is 0 Å². The highest BCUT2D eigenvalue weighted by atomic mass is 31.0. The number of methoxy groups -OCH3 is 3. The van der Waals surface area contributed by atoms with E-state index in [1.54, 1.807) is 43.3 Å². The predicted molar refractivity (Wildman–Crippen MR) is 117 cm³/mol. The van der Waals surface area contributed by atoms with Crippen molar-refractivity contribution in [1.29, 1.82) is 0 Å². The molecule has 0 saturated carbocycles. The molecule has 0 saturated heterocycles. The van der Waals surface area contributed by atoms with Gasteiger partial charge >= 0.3 is 5.97 Å². The fourth-order valence-corrected chi connectivity index (χ4v) is 2.78. The summed E-state index contributed by atoms with van der Waals surface area (Å²) in [6.07, 6.45) is 0.350. The summed E-state index contributed by atoms with van der Waals surface area (Å²) in [7, 11) is 5.01. The molecule has 0 aliphatic carbocycles. The van der Waals surface area contributed by atoms with Crippen molar-refractivity contribution >= 4 is 20.9 Å². The first kappa shape index (κ1) is 25.2. The molecule has 0 aromatic heterocycles. The molecule has 0 aliphatic heterocycles. The lowest BCUT2D eigenvalue weighted by atomic mass is 9.89. The summed E-state index contributed by atoms with van der Waals surface area (Å²) in [6.45, 7) is 3.70. The molecule has 0 radical (unpaired) electrons. The molecule has 2 aromatic rings. The third-order valence-corrected chi connectivity index (χ3v) is 4.48. The van der Waals surface area contributed by atoms with Gasteiger partial charge in [-0.15, -0.1) is 0 Å². The summed E-state index contributed by atoms with van der Waals surface area (Å²) in [5.41, 5.74) is 0.710. The Labute approximate surface area is 178 Å². The van der Waals surface area contributed by atoms with Gasteiger partial charge < -0.3 is 23.5 Å². The smallest absolute Gasteiger partial charge is 0.321 e. The Hall–Kier alpha value is -2.79. The monoisotopic (exact) mass is 436 g/mol. The number of ketones is 1. The molecule has 3 unspecified atom stereocenters. The van der Waals surface area contributed by atoms with Crippen LogP contribution in [0.3, 0.4) is 0 Å². The normalized spacial score (nSPS) is 12.0. The van der Waals surface area contributed by atoms with Crippen LogP contribution in [0, 0.1) is 0 Å². The zero-order valence-corrected chi connectivity index (χ0v) is 19.4. The van der Waals surface area contributed by atoms with E-state index in [4.69, 9.17) is 23.5 Å². The molecule has 0 N–H and O–H groups in total. The summed E-state index contributed by atoms with van der Waals surface area (Å²) >= 11 is 0. The van der Waals surface area contributed by atoms with E-state index in [9.17, 15) is 9.59 Å². The van der Waals surface area contributed by atoms with Gasteiger partial charge in [-0.05, 0) is 18.9 Å². The van der Waals surface area contributed by atoms with Crippen LogP contribution in [0.2, 0.25) is 0 Å². The molecular formula is C22H29O7P. The van der Waals surface area contributed by atoms with Gasteiger partial charge in [0.2, 0.25) is 0 Å². The Morgan fingerprint density at radius 1 is 0.933 bits per heavy atom. The third-order valence-electron chi connectivity index (χ3n) is 4.48. The number of hydrogen-bond acceptors (Lipinski definition) is 7. The lowest BCUT2D eigenvalue weighted by Gasteiger charge is -2.21. The van der Waals surface area contributed by atoms with Crippen LogP contribution < -0.4 is 14.2 Å². The molecule has 0 spiro atoms. The van der Waals surface area contributed by atoms with E-state index in [1.165, 1.54) is 21.3 Å². The number of esters is 1. The fourth-order valence-electron chi connectivity index (χ4n) is 2.78. The summed E-state index contributed by atoms with van der Waals surface area (Å²) in [5.74, 6) is -1.20. The van der Waals surface area contributed by atoms with Crippen LogP contribution in [0.25, 0.3) is 0 Å². The van der Waals surface area contributed by atoms with E-state index in [1.807, 2.05) is 13.0 Å². The van der Waals surface area contributed by atoms with Gasteiger partial charge in [0, 0.05) is 12.1 Å². The van der Waals surface area contributed by atoms with Crippen molar-refractivity contribution < 1.29 is 33.1 Å². The lowest BCUT2D eigenvalue weighted by molar-refractivity contribution is -0.148. The zero-order chi connectivity index (χ0) is 22.7. The SMILES string of the molecule is CCC(C)OC(=O)C(C(=O)c1c(OC)cc(OC)cc1OC)c1ccccc1.O=[PH3]. The van der Waals surface area contributed by atoms with Gasteiger partial charge in [-0.1, -0.05) is 37.3 Å². The van der Waals surface area contributed by atoms with E-state index in [0.29, 0.717) is 26.9 Å². The largest absolute Gasteiger partial charge is 0.496 e. The summed E-state index contributed by atoms with van der Waals surface area (Å²) in [5, 5.41) is 0. The number of carbonyl (C=O) groups excluding carboxylic acids is 2. The second-order valence-electron chi connectivity index (χ2n) is 6.27. The number of hydrogen-bond donors (Lipinski definition) is 0. The van der Waals surface area contributed by atoms with E-state index in [-0.39, 0.29) is 23.2 Å². The van der Waals surface area contributed by atoms with E-state index < -0.39 is 17.7 Å². The Morgan fingerprint density at radius 2 is 1.47 bits per heavy atom. The van der Waals surface area contributed by atoms with E-state index in [2.05, 4.69) is 0 Å². The molecule has 7 nitrogen and oxygen atoms in total. The van der Waals surface area contributed by atoms with Crippen LogP contribution in [0.15, 0.2) is 42.5 Å². The maximum Gasteiger partial charge on any atom is 0.321 e. The predicted octanol–water partition coefficient (Wildman–Crippen LogP) is 3.96. The minimum Gasteiger partial charge on any atom is -0.496 e. The fraction of sp³-hybridized carbons (Fsp3) is 0.364. The van der Waals surface area contributed by atoms with Crippen molar-refractivity contribution in [2.75, 3.05) is 21.3 Å². The summed E-state index contributed by atoms with van der Waals surface area (Å²) < 4.78 is 29.8. The second-order valence-corrected chi connectivity index (χ2v) is 6.27. The van der Waals surface area contributed by atoms with Gasteiger partial charge in [-0.3, -0.25) is 9.59 Å². The van der Waals surface area contributed by atoms with Crippen LogP contribution in [-0.2, 0) is 14.1 Å². The van der Waals surface area contributed by atoms with Gasteiger partial charge in [-0.2, -0.15) is 0 Å². The Morgan fingerprint density at radius 3 is 1.90 bits per heavy atom. The Balaban J connectivity index is 0.00000218. The average Bonchev–Trinajstić information content (AvgIpc) is 2.79. The minimum atomic E-state index is -1.13. The highest BCUT2D eigenvalue weighted by Crippen LogP contribution is 2.38. The molecule has 164 valence electrons. The third kappa shape index (κ3) is 6.10. The van der Waals surface area contributed by atoms with Crippen molar-refractivity contribution in [3.05, 3.63) is 53.6 Å². The van der Waals surface area contributed by atoms with Gasteiger partial charge in [-0.25, -0.2) is 0 Å². The van der Waals surface area contributed by atoms with E-state index >= 15 is 0 Å². The second kappa shape index (κ2) is 12.7. The van der Waals surface area contributed by atoms with Gasteiger partial charge in [0.1, 0.15) is 28.7 Å². The topological polar surface area (TPSA) is 88.1 Å². The number of rotatable bonds is 9. The van der Waals surface area contributed by atoms with Gasteiger partial charge in [0.15, 0.2) is 5.78 Å². The minimum absolute atomic E-state index is 0.167. The molecule has 0 heterocycles. The maximum absolute atomic E-state index is 13.5. The van der Waals surface area contributed by atoms with Gasteiger partial charge in [0.05, 0.1) is 36.6 Å². The zero-order valence-electron chi connectivity index (χ0n) is 18.0. The summed E-state index contributed by atoms with van der Waals surface area (Å²) in [6, 6.07) is 12.0. The van der Waals surface area contributed by atoms with Crippen molar-refractivity contribution in [1.82, 2.24) is 0 Å². The molecule has 8 heteroatoms. The van der Waals surface area contributed by atoms with Crippen LogP contribution in [0.4, 0.5) is 0 Å². The van der Waals surface area contributed by atoms with Crippen LogP contribution in [-0.4, -0.2) is 39.2 Å². The van der Waals surface area contributed by atoms with E-state index in [0.717, 1.165) is 0 Å². The quantitative estimate of drug-likeness (QED) is 0.254. The molecule has 0 aliphatic rings. The van der Waals surface area contributed by atoms with Crippen molar-refractivity contribution in [2.24, 2.45) is 0 Å². The number of ether oxygens (including phenoxy) is 4. The first-order valence-corrected chi connectivity index (χ1v) is 9.93. The Kier molecular flexibility index (Phi) is 10.7. The number of benzene rings is 2. The number of carbonyl (C=O) groups is 2. The molecule has 30 heavy (non-hydrogen) atoms. The molecule has 2 rings (SSSR count). The molecule has 0 bridgehead atoms. The molecule has 0 fully saturated rings. The molecular weight excluding hydrogens is 407 g/mol. The van der Waals surface area contributed by atoms with Crippen LogP contribution in [0.1, 0.15) is 42.1 Å². The van der Waals surface area contributed by atoms with Crippen molar-refractivity contribution in [3.8, 4) is 17.2 Å². The standard InChI is InChI=1S/C22H26O6.H3OP/c1-6-14(2)28-22(24)19(15-10-8-7-9-11-15)21(23)20-17(26-4)12-16(25-3)13-18(20)27-5;1-2/h7-14,19H,6H2,1-5H3;2H3. The molecule has 2 aromatic carbocycles. The van der Waals surface area contributed by atoms with Crippen LogP contribution in [0.5, 0.6) is 17.2 Å². The highest BCUT2D eigenvalue weighted by Gasteiger charge is 2.35. The van der Waals surface area contributed by atoms with Crippen molar-refractivity contribution in [3.63, 3.8) is 0 Å². The summed E-state index contributed by atoms with van der Waals surface area (Å²) in [4.78, 5) is 26.4. The Bertz CT molecular complexity index is 814.